The smallest absolute Gasteiger partial charge is 0.263 e. The maximum Gasteiger partial charge on any atom is 0.263 e. The average molecular weight is 428 g/mol. The molecule has 0 saturated carbocycles. The minimum Gasteiger partial charge on any atom is -0.338 e. The summed E-state index contributed by atoms with van der Waals surface area (Å²) in [5.41, 5.74) is 2.00. The summed E-state index contributed by atoms with van der Waals surface area (Å²) in [5.74, 6) is 0.120. The summed E-state index contributed by atoms with van der Waals surface area (Å²) in [7, 11) is 0. The van der Waals surface area contributed by atoms with Crippen LogP contribution >= 0.6 is 24.8 Å². The maximum atomic E-state index is 13.1. The molecule has 0 bridgehead atoms. The van der Waals surface area contributed by atoms with E-state index in [0.29, 0.717) is 18.7 Å². The number of aromatic amines is 1. The standard InChI is InChI=1S/C19H25N5O2.2ClH/c1-13-5-11-24(15-2-7-20-8-3-15)19(26)17(13)18(25)23-10-6-14(12-23)16-4-9-21-22-16;;/h4-5,9,11,14-15,20H,2-3,6-8,10,12H2,1H3,(H,21,22);2*1H. The molecule has 0 aliphatic carbocycles. The summed E-state index contributed by atoms with van der Waals surface area (Å²) >= 11 is 0. The second kappa shape index (κ2) is 9.58. The Balaban J connectivity index is 0.00000140. The number of hydrogen-bond acceptors (Lipinski definition) is 4. The SMILES string of the molecule is Cc1ccn(C2CCNCC2)c(=O)c1C(=O)N1CCC(c2ccn[nH]2)C1.Cl.Cl. The van der Waals surface area contributed by atoms with Crippen LogP contribution in [-0.4, -0.2) is 51.8 Å². The summed E-state index contributed by atoms with van der Waals surface area (Å²) in [6.45, 7) is 4.97. The molecule has 2 aromatic heterocycles. The number of nitrogens with zero attached hydrogens (tertiary/aromatic N) is 3. The van der Waals surface area contributed by atoms with E-state index in [9.17, 15) is 9.59 Å². The van der Waals surface area contributed by atoms with E-state index in [2.05, 4.69) is 15.5 Å². The van der Waals surface area contributed by atoms with Gasteiger partial charge in [0.1, 0.15) is 5.56 Å². The molecule has 2 N–H and O–H groups in total. The molecule has 2 aromatic rings. The van der Waals surface area contributed by atoms with Crippen molar-refractivity contribution < 1.29 is 4.79 Å². The van der Waals surface area contributed by atoms with Crippen LogP contribution in [0.25, 0.3) is 0 Å². The first-order valence-corrected chi connectivity index (χ1v) is 9.36. The minimum absolute atomic E-state index is 0. The van der Waals surface area contributed by atoms with Gasteiger partial charge in [-0.15, -0.1) is 24.8 Å². The lowest BCUT2D eigenvalue weighted by molar-refractivity contribution is 0.0787. The topological polar surface area (TPSA) is 83.0 Å². The zero-order valence-corrected chi connectivity index (χ0v) is 17.5. The lowest BCUT2D eigenvalue weighted by Gasteiger charge is -2.26. The molecule has 154 valence electrons. The maximum absolute atomic E-state index is 13.1. The number of pyridine rings is 1. The highest BCUT2D eigenvalue weighted by molar-refractivity contribution is 5.95. The zero-order chi connectivity index (χ0) is 18.1. The fourth-order valence-electron chi connectivity index (χ4n) is 4.12. The third-order valence-corrected chi connectivity index (χ3v) is 5.68. The molecule has 2 fully saturated rings. The number of nitrogens with one attached hydrogen (secondary N) is 2. The Bertz CT molecular complexity index is 847. The van der Waals surface area contributed by atoms with Crippen molar-refractivity contribution in [3.05, 3.63) is 51.7 Å². The number of aryl methyl sites for hydroxylation is 1. The second-order valence-electron chi connectivity index (χ2n) is 7.32. The Hall–Kier alpha value is -1.83. The van der Waals surface area contributed by atoms with Gasteiger partial charge in [-0.25, -0.2) is 0 Å². The number of amides is 1. The molecule has 4 heterocycles. The summed E-state index contributed by atoms with van der Waals surface area (Å²) in [6.07, 6.45) is 6.31. The van der Waals surface area contributed by atoms with E-state index in [4.69, 9.17) is 0 Å². The molecule has 28 heavy (non-hydrogen) atoms. The molecule has 1 unspecified atom stereocenters. The van der Waals surface area contributed by atoms with Gasteiger partial charge in [0.25, 0.3) is 11.5 Å². The molecule has 7 nitrogen and oxygen atoms in total. The zero-order valence-electron chi connectivity index (χ0n) is 15.9. The Kier molecular flexibility index (Phi) is 7.69. The molecule has 0 radical (unpaired) electrons. The Morgan fingerprint density at radius 1 is 1.18 bits per heavy atom. The van der Waals surface area contributed by atoms with Crippen molar-refractivity contribution in [1.82, 2.24) is 25.0 Å². The Labute approximate surface area is 176 Å². The molecule has 0 aromatic carbocycles. The molecule has 2 saturated heterocycles. The van der Waals surface area contributed by atoms with Crippen molar-refractivity contribution in [2.75, 3.05) is 26.2 Å². The number of aromatic nitrogens is 3. The Morgan fingerprint density at radius 2 is 1.93 bits per heavy atom. The monoisotopic (exact) mass is 427 g/mol. The van der Waals surface area contributed by atoms with Crippen LogP contribution in [0.2, 0.25) is 0 Å². The summed E-state index contributed by atoms with van der Waals surface area (Å²) < 4.78 is 1.77. The number of carbonyl (C=O) groups excluding carboxylic acids is 1. The van der Waals surface area contributed by atoms with Gasteiger partial charge in [0, 0.05) is 43.1 Å². The number of carbonyl (C=O) groups is 1. The largest absolute Gasteiger partial charge is 0.338 e. The van der Waals surface area contributed by atoms with Crippen LogP contribution in [0.5, 0.6) is 0 Å². The van der Waals surface area contributed by atoms with Gasteiger partial charge in [-0.2, -0.15) is 5.10 Å². The number of halogens is 2. The predicted octanol–water partition coefficient (Wildman–Crippen LogP) is 2.28. The van der Waals surface area contributed by atoms with Gasteiger partial charge in [-0.05, 0) is 57.0 Å². The summed E-state index contributed by atoms with van der Waals surface area (Å²) in [4.78, 5) is 28.0. The Morgan fingerprint density at radius 3 is 2.61 bits per heavy atom. The highest BCUT2D eigenvalue weighted by Crippen LogP contribution is 2.27. The van der Waals surface area contributed by atoms with Crippen LogP contribution in [0.15, 0.2) is 29.3 Å². The van der Waals surface area contributed by atoms with Gasteiger partial charge in [-0.3, -0.25) is 14.7 Å². The fourth-order valence-corrected chi connectivity index (χ4v) is 4.12. The number of likely N-dealkylation sites (tertiary alicyclic amines) is 1. The van der Waals surface area contributed by atoms with Gasteiger partial charge in [0.2, 0.25) is 0 Å². The summed E-state index contributed by atoms with van der Waals surface area (Å²) in [5, 5.41) is 10.3. The van der Waals surface area contributed by atoms with Crippen LogP contribution in [-0.2, 0) is 0 Å². The van der Waals surface area contributed by atoms with Gasteiger partial charge in [0.05, 0.1) is 0 Å². The molecule has 4 rings (SSSR count). The van der Waals surface area contributed by atoms with Crippen molar-refractivity contribution in [1.29, 1.82) is 0 Å². The molecule has 2 aliphatic rings. The van der Waals surface area contributed by atoms with Crippen molar-refractivity contribution in [2.45, 2.75) is 38.1 Å². The molecule has 2 aliphatic heterocycles. The molecule has 1 amide bonds. The van der Waals surface area contributed by atoms with Crippen LogP contribution in [0.3, 0.4) is 0 Å². The van der Waals surface area contributed by atoms with Gasteiger partial charge in [0.15, 0.2) is 0 Å². The first-order valence-electron chi connectivity index (χ1n) is 9.36. The van der Waals surface area contributed by atoms with E-state index in [1.165, 1.54) is 0 Å². The summed E-state index contributed by atoms with van der Waals surface area (Å²) in [6, 6.07) is 4.03. The van der Waals surface area contributed by atoms with Crippen LogP contribution in [0.4, 0.5) is 0 Å². The van der Waals surface area contributed by atoms with Crippen molar-refractivity contribution in [3.8, 4) is 0 Å². The van der Waals surface area contributed by atoms with Crippen LogP contribution in [0, 0.1) is 6.92 Å². The van der Waals surface area contributed by atoms with Crippen LogP contribution in [0.1, 0.15) is 52.8 Å². The van der Waals surface area contributed by atoms with Gasteiger partial charge in [-0.1, -0.05) is 0 Å². The lowest BCUT2D eigenvalue weighted by Crippen LogP contribution is -2.39. The van der Waals surface area contributed by atoms with E-state index in [-0.39, 0.29) is 48.2 Å². The number of piperidine rings is 1. The molecule has 0 spiro atoms. The second-order valence-corrected chi connectivity index (χ2v) is 7.32. The molecular weight excluding hydrogens is 401 g/mol. The van der Waals surface area contributed by atoms with Crippen molar-refractivity contribution in [2.24, 2.45) is 0 Å². The molecule has 1 atom stereocenters. The molecule has 9 heteroatoms. The highest BCUT2D eigenvalue weighted by atomic mass is 35.5. The van der Waals surface area contributed by atoms with E-state index >= 15 is 0 Å². The average Bonchev–Trinajstić information content (AvgIpc) is 3.34. The van der Waals surface area contributed by atoms with E-state index < -0.39 is 0 Å². The van der Waals surface area contributed by atoms with E-state index in [1.807, 2.05) is 30.2 Å². The highest BCUT2D eigenvalue weighted by Gasteiger charge is 2.31. The quantitative estimate of drug-likeness (QED) is 0.786. The first-order chi connectivity index (χ1) is 12.6. The van der Waals surface area contributed by atoms with E-state index in [1.54, 1.807) is 10.8 Å². The first kappa shape index (κ1) is 22.5. The minimum atomic E-state index is -0.146. The van der Waals surface area contributed by atoms with Crippen molar-refractivity contribution >= 4 is 30.7 Å². The third kappa shape index (κ3) is 4.26. The molecular formula is C19H27Cl2N5O2. The number of hydrogen-bond donors (Lipinski definition) is 2. The van der Waals surface area contributed by atoms with Crippen molar-refractivity contribution in [3.63, 3.8) is 0 Å². The van der Waals surface area contributed by atoms with Crippen LogP contribution < -0.4 is 10.9 Å². The van der Waals surface area contributed by atoms with Gasteiger partial charge >= 0.3 is 0 Å². The van der Waals surface area contributed by atoms with E-state index in [0.717, 1.165) is 43.6 Å². The fraction of sp³-hybridized carbons (Fsp3) is 0.526. The normalized spacial score (nSPS) is 19.8. The lowest BCUT2D eigenvalue weighted by atomic mass is 10.0. The third-order valence-electron chi connectivity index (χ3n) is 5.68. The number of H-pyrrole nitrogens is 1. The van der Waals surface area contributed by atoms with Gasteiger partial charge < -0.3 is 14.8 Å². The predicted molar refractivity (Wildman–Crippen MR) is 113 cm³/mol. The number of rotatable bonds is 3.